The Bertz CT molecular complexity index is 170. The van der Waals surface area contributed by atoms with Gasteiger partial charge < -0.3 is 4.74 Å². The molecule has 0 aromatic carbocycles. The Hall–Kier alpha value is -0.850. The summed E-state index contributed by atoms with van der Waals surface area (Å²) >= 11 is 0. The number of carbonyl (C=O) groups excluding carboxylic acids is 1. The molecule has 15 heavy (non-hydrogen) atoms. The van der Waals surface area contributed by atoms with Crippen LogP contribution in [0.15, 0.2) is 0 Å². The van der Waals surface area contributed by atoms with E-state index < -0.39 is 24.7 Å². The third-order valence-electron chi connectivity index (χ3n) is 1.39. The molecule has 0 saturated heterocycles. The van der Waals surface area contributed by atoms with Gasteiger partial charge in [-0.15, -0.1) is 0 Å². The second-order valence-corrected chi connectivity index (χ2v) is 2.69. The zero-order chi connectivity index (χ0) is 12.5. The largest absolute Gasteiger partial charge is 0.456 e. The molecule has 0 aliphatic carbocycles. The zero-order valence-corrected chi connectivity index (χ0v) is 8.73. The highest BCUT2D eigenvalue weighted by Crippen LogP contribution is 2.15. The smallest absolute Gasteiger partial charge is 0.422 e. The van der Waals surface area contributed by atoms with E-state index in [1.165, 1.54) is 6.92 Å². The summed E-state index contributed by atoms with van der Waals surface area (Å²) in [5.74, 6) is -1.26. The number of carbonyl (C=O) groups is 1. The quantitative estimate of drug-likeness (QED) is 0.556. The monoisotopic (exact) mass is 234 g/mol. The highest BCUT2D eigenvalue weighted by Gasteiger charge is 2.30. The lowest BCUT2D eigenvalue weighted by Crippen LogP contribution is -2.23. The first-order valence-corrected chi connectivity index (χ1v) is 4.16. The van der Waals surface area contributed by atoms with Gasteiger partial charge in [-0.05, 0) is 10.9 Å². The molecule has 7 heteroatoms. The van der Waals surface area contributed by atoms with Gasteiger partial charge in [0.15, 0.2) is 6.61 Å². The predicted molar refractivity (Wildman–Crippen MR) is 44.6 cm³/mol. The summed E-state index contributed by atoms with van der Waals surface area (Å²) in [6.45, 7) is 1.74. The summed E-state index contributed by atoms with van der Waals surface area (Å²) in [5.41, 5.74) is 0. The highest BCUT2D eigenvalue weighted by atomic mass is 19.4. The zero-order valence-electron chi connectivity index (χ0n) is 8.73. The number of rotatable bonds is 3. The van der Waals surface area contributed by atoms with Crippen molar-refractivity contribution in [2.45, 2.75) is 26.4 Å². The van der Waals surface area contributed by atoms with Crippen molar-refractivity contribution in [2.75, 3.05) is 13.7 Å². The summed E-state index contributed by atoms with van der Waals surface area (Å²) in [6, 6.07) is 0. The van der Waals surface area contributed by atoms with Gasteiger partial charge >= 0.3 is 12.1 Å². The maximum Gasteiger partial charge on any atom is 0.422 e. The maximum atomic E-state index is 11.5. The van der Waals surface area contributed by atoms with Crippen LogP contribution in [0.2, 0.25) is 0 Å². The molecule has 0 amide bonds. The number of halogens is 4. The predicted octanol–water partition coefficient (Wildman–Crippen LogP) is 2.66. The molecule has 0 radical (unpaired) electrons. The lowest BCUT2D eigenvalue weighted by molar-refractivity contribution is -0.188. The summed E-state index contributed by atoms with van der Waals surface area (Å²) in [4.78, 5) is 13.4. The van der Waals surface area contributed by atoms with E-state index in [-0.39, 0.29) is 0 Å². The molecular weight excluding hydrogens is 220 g/mol. The van der Waals surface area contributed by atoms with Crippen LogP contribution in [0, 0.1) is 5.92 Å². The van der Waals surface area contributed by atoms with Crippen molar-refractivity contribution in [3.63, 3.8) is 0 Å². The molecule has 0 N–H and O–H groups in total. The van der Waals surface area contributed by atoms with Crippen LogP contribution < -0.4 is 0 Å². The van der Waals surface area contributed by atoms with Crippen molar-refractivity contribution in [1.82, 2.24) is 0 Å². The molecule has 0 spiro atoms. The summed E-state index contributed by atoms with van der Waals surface area (Å²) in [5, 5.41) is 0. The second kappa shape index (κ2) is 8.46. The number of hydrogen-bond acceptors (Lipinski definition) is 3. The molecular formula is C8H14F4O3. The van der Waals surface area contributed by atoms with Crippen molar-refractivity contribution in [2.24, 2.45) is 5.92 Å². The summed E-state index contributed by atoms with van der Waals surface area (Å²) in [7, 11) is 0.958. The van der Waals surface area contributed by atoms with Crippen LogP contribution in [-0.4, -0.2) is 25.9 Å². The molecule has 1 unspecified atom stereocenters. The molecule has 1 atom stereocenters. The van der Waals surface area contributed by atoms with E-state index in [0.717, 1.165) is 7.11 Å². The molecule has 0 aromatic rings. The fourth-order valence-corrected chi connectivity index (χ4v) is 0.462. The van der Waals surface area contributed by atoms with E-state index in [2.05, 4.69) is 9.68 Å². The van der Waals surface area contributed by atoms with Crippen LogP contribution >= 0.6 is 0 Å². The Morgan fingerprint density at radius 1 is 1.40 bits per heavy atom. The maximum absolute atomic E-state index is 11.5. The van der Waals surface area contributed by atoms with Crippen LogP contribution in [0.3, 0.4) is 0 Å². The lowest BCUT2D eigenvalue weighted by Gasteiger charge is -2.10. The summed E-state index contributed by atoms with van der Waals surface area (Å²) in [6.07, 6.45) is -3.94. The summed E-state index contributed by atoms with van der Waals surface area (Å²) < 4.78 is 48.3. The van der Waals surface area contributed by atoms with Crippen LogP contribution in [-0.2, 0) is 14.5 Å². The van der Waals surface area contributed by atoms with Crippen molar-refractivity contribution < 1.29 is 32.2 Å². The second-order valence-electron chi connectivity index (χ2n) is 2.69. The van der Waals surface area contributed by atoms with Crippen molar-refractivity contribution in [1.29, 1.82) is 0 Å². The van der Waals surface area contributed by atoms with Gasteiger partial charge in [0.25, 0.3) is 0 Å². The lowest BCUT2D eigenvalue weighted by atomic mass is 10.1. The molecule has 0 bridgehead atoms. The molecule has 0 fully saturated rings. The van der Waals surface area contributed by atoms with E-state index in [1.54, 1.807) is 6.92 Å². The molecule has 0 aromatic heterocycles. The fraction of sp³-hybridized carbons (Fsp3) is 0.875. The number of hydrogen-bond donors (Lipinski definition) is 0. The standard InChI is InChI=1S/C7H11F3O2.CH3FO/c1-3-5(2)6(11)12-4-7(8,9)10;1-3-2/h5H,3-4H2,1-2H3;1H3. The minimum atomic E-state index is -4.43. The Labute approximate surface area is 85.3 Å². The average Bonchev–Trinajstić information content (AvgIpc) is 2.13. The van der Waals surface area contributed by atoms with Crippen LogP contribution in [0.4, 0.5) is 17.7 Å². The van der Waals surface area contributed by atoms with E-state index >= 15 is 0 Å². The first-order chi connectivity index (χ1) is 6.78. The van der Waals surface area contributed by atoms with Gasteiger partial charge in [-0.1, -0.05) is 13.8 Å². The SMILES string of the molecule is CCC(C)C(=O)OCC(F)(F)F.COF. The Kier molecular flexibility index (Phi) is 9.35. The van der Waals surface area contributed by atoms with Gasteiger partial charge in [0.05, 0.1) is 13.0 Å². The Morgan fingerprint density at radius 3 is 2.07 bits per heavy atom. The average molecular weight is 234 g/mol. The van der Waals surface area contributed by atoms with Crippen LogP contribution in [0.1, 0.15) is 20.3 Å². The van der Waals surface area contributed by atoms with E-state index in [0.29, 0.717) is 6.42 Å². The van der Waals surface area contributed by atoms with Gasteiger partial charge in [0, 0.05) is 0 Å². The molecule has 92 valence electrons. The van der Waals surface area contributed by atoms with Crippen LogP contribution in [0.5, 0.6) is 0 Å². The number of alkyl halides is 3. The van der Waals surface area contributed by atoms with Crippen molar-refractivity contribution >= 4 is 5.97 Å². The van der Waals surface area contributed by atoms with Crippen molar-refractivity contribution in [3.05, 3.63) is 0 Å². The fourth-order valence-electron chi connectivity index (χ4n) is 0.462. The molecule has 0 heterocycles. The van der Waals surface area contributed by atoms with Gasteiger partial charge in [0.1, 0.15) is 0 Å². The topological polar surface area (TPSA) is 35.5 Å². The van der Waals surface area contributed by atoms with Crippen LogP contribution in [0.25, 0.3) is 0 Å². The highest BCUT2D eigenvalue weighted by molar-refractivity contribution is 5.71. The van der Waals surface area contributed by atoms with Crippen molar-refractivity contribution in [3.8, 4) is 0 Å². The minimum Gasteiger partial charge on any atom is -0.456 e. The molecule has 0 aliphatic rings. The molecule has 0 aliphatic heterocycles. The normalized spacial score (nSPS) is 12.5. The van der Waals surface area contributed by atoms with E-state index in [9.17, 15) is 22.5 Å². The van der Waals surface area contributed by atoms with E-state index in [1.807, 2.05) is 0 Å². The first-order valence-electron chi connectivity index (χ1n) is 4.16. The Morgan fingerprint density at radius 2 is 1.80 bits per heavy atom. The first kappa shape index (κ1) is 16.6. The third kappa shape index (κ3) is 13.2. The number of esters is 1. The van der Waals surface area contributed by atoms with Gasteiger partial charge in [0.2, 0.25) is 0 Å². The molecule has 0 saturated carbocycles. The Balaban J connectivity index is 0. The van der Waals surface area contributed by atoms with Gasteiger partial charge in [-0.3, -0.25) is 4.79 Å². The molecule has 0 rings (SSSR count). The number of ether oxygens (including phenoxy) is 1. The van der Waals surface area contributed by atoms with Gasteiger partial charge in [-0.2, -0.15) is 18.1 Å². The third-order valence-corrected chi connectivity index (χ3v) is 1.39. The minimum absolute atomic E-state index is 0.465. The van der Waals surface area contributed by atoms with E-state index in [4.69, 9.17) is 0 Å². The molecule has 3 nitrogen and oxygen atoms in total. The van der Waals surface area contributed by atoms with Gasteiger partial charge in [-0.25, -0.2) is 0 Å².